The maximum Gasteiger partial charge on any atom is 0.268 e. The fraction of sp³-hybridized carbons (Fsp3) is 0.389. The largest absolute Gasteiger partial charge is 0.479 e. The average molecular weight is 344 g/mol. The SMILES string of the molecule is CC(=O)C(C)N1C(=O)C(C)Oc2ccc(-c3nc(C)sc3C)cc21. The minimum absolute atomic E-state index is 0.0607. The number of carbonyl (C=O) groups is 2. The third-order valence-electron chi connectivity index (χ3n) is 4.26. The van der Waals surface area contributed by atoms with Crippen molar-refractivity contribution in [1.82, 2.24) is 4.98 Å². The van der Waals surface area contributed by atoms with E-state index in [9.17, 15) is 9.59 Å². The summed E-state index contributed by atoms with van der Waals surface area (Å²) in [5.74, 6) is 0.353. The van der Waals surface area contributed by atoms with E-state index in [0.717, 1.165) is 21.1 Å². The molecule has 2 unspecified atom stereocenters. The highest BCUT2D eigenvalue weighted by atomic mass is 32.1. The highest BCUT2D eigenvalue weighted by Gasteiger charge is 2.36. The smallest absolute Gasteiger partial charge is 0.268 e. The number of Topliss-reactive ketones (excluding diaryl/α,β-unsaturated/α-hetero) is 1. The summed E-state index contributed by atoms with van der Waals surface area (Å²) >= 11 is 1.64. The number of aromatic nitrogens is 1. The lowest BCUT2D eigenvalue weighted by molar-refractivity contribution is -0.128. The molecule has 24 heavy (non-hydrogen) atoms. The van der Waals surface area contributed by atoms with Crippen LogP contribution in [0.25, 0.3) is 11.3 Å². The Balaban J connectivity index is 2.14. The molecule has 1 amide bonds. The lowest BCUT2D eigenvalue weighted by Gasteiger charge is -2.36. The second kappa shape index (κ2) is 6.02. The molecule has 1 aliphatic heterocycles. The minimum Gasteiger partial charge on any atom is -0.479 e. The van der Waals surface area contributed by atoms with Gasteiger partial charge in [-0.2, -0.15) is 0 Å². The van der Waals surface area contributed by atoms with Crippen molar-refractivity contribution >= 4 is 28.7 Å². The van der Waals surface area contributed by atoms with Gasteiger partial charge in [0.2, 0.25) is 0 Å². The van der Waals surface area contributed by atoms with Gasteiger partial charge in [0, 0.05) is 10.4 Å². The number of carbonyl (C=O) groups excluding carboxylic acids is 2. The van der Waals surface area contributed by atoms with E-state index in [2.05, 4.69) is 4.98 Å². The molecule has 6 heteroatoms. The molecule has 3 rings (SSSR count). The highest BCUT2D eigenvalue weighted by Crippen LogP contribution is 2.39. The van der Waals surface area contributed by atoms with E-state index < -0.39 is 12.1 Å². The summed E-state index contributed by atoms with van der Waals surface area (Å²) < 4.78 is 5.71. The predicted octanol–water partition coefficient (Wildman–Crippen LogP) is 3.52. The monoisotopic (exact) mass is 344 g/mol. The van der Waals surface area contributed by atoms with E-state index in [1.165, 1.54) is 6.92 Å². The molecular formula is C18H20N2O3S. The molecule has 0 radical (unpaired) electrons. The molecule has 0 N–H and O–H groups in total. The van der Waals surface area contributed by atoms with Gasteiger partial charge in [0.15, 0.2) is 11.9 Å². The van der Waals surface area contributed by atoms with Gasteiger partial charge in [-0.05, 0) is 52.8 Å². The Morgan fingerprint density at radius 1 is 1.38 bits per heavy atom. The van der Waals surface area contributed by atoms with Crippen LogP contribution in [0.4, 0.5) is 5.69 Å². The van der Waals surface area contributed by atoms with Gasteiger partial charge in [-0.15, -0.1) is 11.3 Å². The lowest BCUT2D eigenvalue weighted by atomic mass is 10.0. The molecule has 0 bridgehead atoms. The van der Waals surface area contributed by atoms with Gasteiger partial charge in [-0.3, -0.25) is 14.5 Å². The van der Waals surface area contributed by atoms with Crippen molar-refractivity contribution in [3.8, 4) is 17.0 Å². The van der Waals surface area contributed by atoms with Gasteiger partial charge >= 0.3 is 0 Å². The number of benzene rings is 1. The molecule has 0 saturated carbocycles. The van der Waals surface area contributed by atoms with E-state index in [1.54, 1.807) is 30.1 Å². The molecule has 1 aromatic heterocycles. The van der Waals surface area contributed by atoms with Crippen LogP contribution in [-0.2, 0) is 9.59 Å². The van der Waals surface area contributed by atoms with Crippen LogP contribution in [0, 0.1) is 13.8 Å². The maximum atomic E-state index is 12.6. The summed E-state index contributed by atoms with van der Waals surface area (Å²) in [7, 11) is 0. The van der Waals surface area contributed by atoms with Crippen molar-refractivity contribution < 1.29 is 14.3 Å². The van der Waals surface area contributed by atoms with E-state index in [1.807, 2.05) is 32.0 Å². The zero-order valence-electron chi connectivity index (χ0n) is 14.4. The standard InChI is InChI=1S/C18H20N2O3S/c1-9(10(2)21)20-15-8-14(17-12(4)24-13(5)19-17)6-7-16(15)23-11(3)18(20)22/h6-9,11H,1-5H3. The molecule has 0 fully saturated rings. The van der Waals surface area contributed by atoms with Gasteiger partial charge in [0.1, 0.15) is 5.75 Å². The van der Waals surface area contributed by atoms with Crippen molar-refractivity contribution in [3.05, 3.63) is 28.1 Å². The van der Waals surface area contributed by atoms with E-state index in [-0.39, 0.29) is 11.7 Å². The Labute approximate surface area is 145 Å². The van der Waals surface area contributed by atoms with Crippen molar-refractivity contribution in [2.75, 3.05) is 4.90 Å². The Bertz CT molecular complexity index is 828. The number of aryl methyl sites for hydroxylation is 2. The summed E-state index contributed by atoms with van der Waals surface area (Å²) in [6.07, 6.45) is -0.603. The van der Waals surface area contributed by atoms with Crippen LogP contribution in [0.3, 0.4) is 0 Å². The molecule has 0 aliphatic carbocycles. The number of thiazole rings is 1. The molecule has 126 valence electrons. The zero-order valence-corrected chi connectivity index (χ0v) is 15.2. The van der Waals surface area contributed by atoms with Gasteiger partial charge in [0.05, 0.1) is 22.4 Å². The van der Waals surface area contributed by atoms with Crippen LogP contribution >= 0.6 is 11.3 Å². The molecule has 2 atom stereocenters. The first-order valence-electron chi connectivity index (χ1n) is 7.88. The Morgan fingerprint density at radius 2 is 2.08 bits per heavy atom. The van der Waals surface area contributed by atoms with Crippen LogP contribution in [0.15, 0.2) is 18.2 Å². The third kappa shape index (κ3) is 2.71. The second-order valence-electron chi connectivity index (χ2n) is 6.08. The number of anilines is 1. The average Bonchev–Trinajstić information content (AvgIpc) is 2.86. The third-order valence-corrected chi connectivity index (χ3v) is 5.15. The molecule has 0 saturated heterocycles. The first-order valence-corrected chi connectivity index (χ1v) is 8.70. The van der Waals surface area contributed by atoms with Gasteiger partial charge in [-0.25, -0.2) is 4.98 Å². The topological polar surface area (TPSA) is 59.5 Å². The molecule has 2 aromatic rings. The second-order valence-corrected chi connectivity index (χ2v) is 7.48. The normalized spacial score (nSPS) is 18.1. The van der Waals surface area contributed by atoms with Crippen LogP contribution in [-0.4, -0.2) is 28.8 Å². The number of nitrogens with zero attached hydrogens (tertiary/aromatic N) is 2. The lowest BCUT2D eigenvalue weighted by Crippen LogP contribution is -2.51. The fourth-order valence-electron chi connectivity index (χ4n) is 2.89. The van der Waals surface area contributed by atoms with E-state index in [0.29, 0.717) is 11.4 Å². The van der Waals surface area contributed by atoms with E-state index in [4.69, 9.17) is 4.74 Å². The Morgan fingerprint density at radius 3 is 2.67 bits per heavy atom. The first-order chi connectivity index (χ1) is 11.3. The highest BCUT2D eigenvalue weighted by molar-refractivity contribution is 7.11. The van der Waals surface area contributed by atoms with Gasteiger partial charge < -0.3 is 4.74 Å². The summed E-state index contributed by atoms with van der Waals surface area (Å²) in [6.45, 7) is 8.94. The quantitative estimate of drug-likeness (QED) is 0.855. The molecule has 2 heterocycles. The van der Waals surface area contributed by atoms with Crippen LogP contribution < -0.4 is 9.64 Å². The number of amides is 1. The number of ketones is 1. The van der Waals surface area contributed by atoms with E-state index >= 15 is 0 Å². The summed E-state index contributed by atoms with van der Waals surface area (Å²) in [5, 5.41) is 0.995. The number of fused-ring (bicyclic) bond motifs is 1. The Kier molecular flexibility index (Phi) is 4.17. The van der Waals surface area contributed by atoms with Crippen LogP contribution in [0.1, 0.15) is 30.7 Å². The minimum atomic E-state index is -0.603. The van der Waals surface area contributed by atoms with Crippen molar-refractivity contribution in [1.29, 1.82) is 0 Å². The number of hydrogen-bond donors (Lipinski definition) is 0. The molecule has 5 nitrogen and oxygen atoms in total. The number of hydrogen-bond acceptors (Lipinski definition) is 5. The van der Waals surface area contributed by atoms with Crippen LogP contribution in [0.2, 0.25) is 0 Å². The molecular weight excluding hydrogens is 324 g/mol. The summed E-state index contributed by atoms with van der Waals surface area (Å²) in [5.41, 5.74) is 2.45. The number of rotatable bonds is 3. The predicted molar refractivity (Wildman–Crippen MR) is 94.7 cm³/mol. The Hall–Kier alpha value is -2.21. The van der Waals surface area contributed by atoms with Crippen LogP contribution in [0.5, 0.6) is 5.75 Å². The van der Waals surface area contributed by atoms with Crippen molar-refractivity contribution in [3.63, 3.8) is 0 Å². The maximum absolute atomic E-state index is 12.6. The molecule has 1 aliphatic rings. The van der Waals surface area contributed by atoms with Crippen molar-refractivity contribution in [2.45, 2.75) is 46.8 Å². The first kappa shape index (κ1) is 16.6. The zero-order chi connectivity index (χ0) is 17.6. The summed E-state index contributed by atoms with van der Waals surface area (Å²) in [6, 6.07) is 5.15. The summed E-state index contributed by atoms with van der Waals surface area (Å²) in [4.78, 5) is 31.7. The van der Waals surface area contributed by atoms with Gasteiger partial charge in [-0.1, -0.05) is 0 Å². The van der Waals surface area contributed by atoms with Crippen molar-refractivity contribution in [2.24, 2.45) is 0 Å². The number of ether oxygens (including phenoxy) is 1. The van der Waals surface area contributed by atoms with Gasteiger partial charge in [0.25, 0.3) is 5.91 Å². The molecule has 1 aromatic carbocycles. The molecule has 0 spiro atoms. The fourth-order valence-corrected chi connectivity index (χ4v) is 3.73.